The summed E-state index contributed by atoms with van der Waals surface area (Å²) in [4.78, 5) is 17.2. The number of imidazole rings is 1. The zero-order chi connectivity index (χ0) is 22.3. The highest BCUT2D eigenvalue weighted by Crippen LogP contribution is 2.18. The van der Waals surface area contributed by atoms with E-state index in [4.69, 9.17) is 9.72 Å². The molecule has 0 fully saturated rings. The Morgan fingerprint density at radius 3 is 2.59 bits per heavy atom. The van der Waals surface area contributed by atoms with Gasteiger partial charge in [0.2, 0.25) is 0 Å². The average molecular weight is 428 g/mol. The lowest BCUT2D eigenvalue weighted by Gasteiger charge is -2.11. The van der Waals surface area contributed by atoms with Crippen molar-refractivity contribution in [3.05, 3.63) is 95.3 Å². The number of fused-ring (bicyclic) bond motifs is 1. The van der Waals surface area contributed by atoms with Crippen molar-refractivity contribution < 1.29 is 9.53 Å². The monoisotopic (exact) mass is 427 g/mol. The van der Waals surface area contributed by atoms with Crippen LogP contribution in [0.4, 0.5) is 0 Å². The maximum Gasteiger partial charge on any atom is 0.251 e. The summed E-state index contributed by atoms with van der Waals surface area (Å²) < 4.78 is 8.18. The molecule has 0 atom stereocenters. The highest BCUT2D eigenvalue weighted by molar-refractivity contribution is 5.94. The Morgan fingerprint density at radius 1 is 0.969 bits per heavy atom. The van der Waals surface area contributed by atoms with E-state index in [0.717, 1.165) is 47.6 Å². The fourth-order valence-electron chi connectivity index (χ4n) is 3.79. The van der Waals surface area contributed by atoms with E-state index in [2.05, 4.69) is 35.0 Å². The van der Waals surface area contributed by atoms with Gasteiger partial charge in [-0.1, -0.05) is 47.5 Å². The molecule has 0 aliphatic heterocycles. The Labute approximate surface area is 189 Å². The zero-order valence-corrected chi connectivity index (χ0v) is 18.7. The fourth-order valence-corrected chi connectivity index (χ4v) is 3.79. The lowest BCUT2D eigenvalue weighted by Crippen LogP contribution is -2.25. The van der Waals surface area contributed by atoms with Crippen molar-refractivity contribution in [2.24, 2.45) is 0 Å². The van der Waals surface area contributed by atoms with Crippen LogP contribution in [0.25, 0.3) is 11.0 Å². The van der Waals surface area contributed by atoms with E-state index >= 15 is 0 Å². The van der Waals surface area contributed by atoms with Crippen molar-refractivity contribution in [3.8, 4) is 5.75 Å². The molecule has 1 N–H and O–H groups in total. The molecule has 0 saturated carbocycles. The predicted octanol–water partition coefficient (Wildman–Crippen LogP) is 5.09. The Balaban J connectivity index is 1.36. The molecule has 0 unspecified atom stereocenters. The molecule has 1 aromatic heterocycles. The molecular weight excluding hydrogens is 398 g/mol. The van der Waals surface area contributed by atoms with Crippen LogP contribution in [0.1, 0.15) is 33.7 Å². The number of para-hydroxylation sites is 2. The number of aryl methyl sites for hydroxylation is 3. The maximum absolute atomic E-state index is 12.4. The van der Waals surface area contributed by atoms with Gasteiger partial charge in [-0.25, -0.2) is 4.98 Å². The van der Waals surface area contributed by atoms with Gasteiger partial charge in [-0.2, -0.15) is 0 Å². The molecule has 0 aliphatic rings. The quantitative estimate of drug-likeness (QED) is 0.378. The van der Waals surface area contributed by atoms with Crippen LogP contribution in [-0.4, -0.2) is 28.6 Å². The fraction of sp³-hybridized carbons (Fsp3) is 0.259. The van der Waals surface area contributed by atoms with Gasteiger partial charge < -0.3 is 14.6 Å². The highest BCUT2D eigenvalue weighted by Gasteiger charge is 2.11. The molecule has 1 amide bonds. The average Bonchev–Trinajstić information content (AvgIpc) is 3.15. The second-order valence-corrected chi connectivity index (χ2v) is 8.06. The normalized spacial score (nSPS) is 10.9. The summed E-state index contributed by atoms with van der Waals surface area (Å²) in [6.45, 7) is 5.95. The summed E-state index contributed by atoms with van der Waals surface area (Å²) >= 11 is 0. The first-order valence-corrected chi connectivity index (χ1v) is 11.1. The first-order valence-electron chi connectivity index (χ1n) is 11.1. The second-order valence-electron chi connectivity index (χ2n) is 8.06. The van der Waals surface area contributed by atoms with Crippen LogP contribution in [0.2, 0.25) is 0 Å². The number of amides is 1. The third kappa shape index (κ3) is 5.35. The SMILES string of the molecule is Cc1ccc(OCCn2c(CCCNC(=O)c3cccc(C)c3)nc3ccccc32)cc1. The molecule has 4 aromatic rings. The molecule has 5 nitrogen and oxygen atoms in total. The molecule has 1 heterocycles. The largest absolute Gasteiger partial charge is 0.492 e. The first kappa shape index (κ1) is 21.6. The van der Waals surface area contributed by atoms with Crippen molar-refractivity contribution in [3.63, 3.8) is 0 Å². The van der Waals surface area contributed by atoms with E-state index in [1.54, 1.807) is 0 Å². The number of carbonyl (C=O) groups excluding carboxylic acids is 1. The molecule has 164 valence electrons. The molecule has 5 heteroatoms. The summed E-state index contributed by atoms with van der Waals surface area (Å²) in [5, 5.41) is 3.02. The Hall–Kier alpha value is -3.60. The van der Waals surface area contributed by atoms with Crippen LogP contribution in [0.5, 0.6) is 5.75 Å². The van der Waals surface area contributed by atoms with Crippen LogP contribution in [0, 0.1) is 13.8 Å². The van der Waals surface area contributed by atoms with Crippen LogP contribution in [0.3, 0.4) is 0 Å². The molecule has 4 rings (SSSR count). The number of nitrogens with one attached hydrogen (secondary N) is 1. The number of hydrogen-bond donors (Lipinski definition) is 1. The minimum atomic E-state index is -0.0336. The third-order valence-electron chi connectivity index (χ3n) is 5.48. The Bertz CT molecular complexity index is 1200. The Morgan fingerprint density at radius 2 is 1.78 bits per heavy atom. The minimum absolute atomic E-state index is 0.0336. The number of nitrogens with zero attached hydrogens (tertiary/aromatic N) is 2. The molecule has 0 spiro atoms. The van der Waals surface area contributed by atoms with Crippen LogP contribution < -0.4 is 10.1 Å². The third-order valence-corrected chi connectivity index (χ3v) is 5.48. The number of benzene rings is 3. The van der Waals surface area contributed by atoms with E-state index in [9.17, 15) is 4.79 Å². The summed E-state index contributed by atoms with van der Waals surface area (Å²) in [6.07, 6.45) is 1.60. The van der Waals surface area contributed by atoms with Crippen LogP contribution in [0.15, 0.2) is 72.8 Å². The van der Waals surface area contributed by atoms with Crippen molar-refractivity contribution in [2.75, 3.05) is 13.2 Å². The molecule has 0 aliphatic carbocycles. The maximum atomic E-state index is 12.4. The Kier molecular flexibility index (Phi) is 6.85. The molecule has 0 saturated heterocycles. The zero-order valence-electron chi connectivity index (χ0n) is 18.7. The number of hydrogen-bond acceptors (Lipinski definition) is 3. The van der Waals surface area contributed by atoms with Crippen molar-refractivity contribution >= 4 is 16.9 Å². The molecule has 0 bridgehead atoms. The van der Waals surface area contributed by atoms with Gasteiger partial charge in [0.25, 0.3) is 5.91 Å². The van der Waals surface area contributed by atoms with E-state index < -0.39 is 0 Å². The summed E-state index contributed by atoms with van der Waals surface area (Å²) in [6, 6.07) is 23.9. The molecule has 32 heavy (non-hydrogen) atoms. The summed E-state index contributed by atoms with van der Waals surface area (Å²) in [5.41, 5.74) is 5.10. The van der Waals surface area contributed by atoms with Gasteiger partial charge in [-0.15, -0.1) is 0 Å². The number of rotatable bonds is 9. The second kappa shape index (κ2) is 10.1. The topological polar surface area (TPSA) is 56.1 Å². The summed E-state index contributed by atoms with van der Waals surface area (Å²) in [7, 11) is 0. The highest BCUT2D eigenvalue weighted by atomic mass is 16.5. The minimum Gasteiger partial charge on any atom is -0.492 e. The van der Waals surface area contributed by atoms with E-state index in [-0.39, 0.29) is 5.91 Å². The van der Waals surface area contributed by atoms with Gasteiger partial charge in [0.1, 0.15) is 18.2 Å². The number of carbonyl (C=O) groups is 1. The van der Waals surface area contributed by atoms with Crippen molar-refractivity contribution in [1.29, 1.82) is 0 Å². The van der Waals surface area contributed by atoms with Gasteiger partial charge in [-0.3, -0.25) is 4.79 Å². The van der Waals surface area contributed by atoms with Gasteiger partial charge in [0.15, 0.2) is 0 Å². The molecule has 0 radical (unpaired) electrons. The standard InChI is InChI=1S/C27H29N3O2/c1-20-12-14-23(15-13-20)32-18-17-30-25-10-4-3-9-24(25)29-26(30)11-6-16-28-27(31)22-8-5-7-21(2)19-22/h3-5,7-10,12-15,19H,6,11,16-18H2,1-2H3,(H,28,31). The van der Waals surface area contributed by atoms with Crippen molar-refractivity contribution in [1.82, 2.24) is 14.9 Å². The lowest BCUT2D eigenvalue weighted by molar-refractivity contribution is 0.0953. The smallest absolute Gasteiger partial charge is 0.251 e. The van der Waals surface area contributed by atoms with Gasteiger partial charge >= 0.3 is 0 Å². The van der Waals surface area contributed by atoms with Gasteiger partial charge in [0, 0.05) is 18.5 Å². The van der Waals surface area contributed by atoms with E-state index in [1.165, 1.54) is 5.56 Å². The molecule has 3 aromatic carbocycles. The summed E-state index contributed by atoms with van der Waals surface area (Å²) in [5.74, 6) is 1.86. The number of aromatic nitrogens is 2. The lowest BCUT2D eigenvalue weighted by atomic mass is 10.1. The molecular formula is C27H29N3O2. The van der Waals surface area contributed by atoms with Gasteiger partial charge in [0.05, 0.1) is 17.6 Å². The van der Waals surface area contributed by atoms with E-state index in [0.29, 0.717) is 18.7 Å². The predicted molar refractivity (Wildman–Crippen MR) is 128 cm³/mol. The van der Waals surface area contributed by atoms with Gasteiger partial charge in [-0.05, 0) is 56.7 Å². The van der Waals surface area contributed by atoms with E-state index in [1.807, 2.05) is 61.5 Å². The van der Waals surface area contributed by atoms with Crippen molar-refractivity contribution in [2.45, 2.75) is 33.2 Å². The van der Waals surface area contributed by atoms with Crippen LogP contribution >= 0.6 is 0 Å². The first-order chi connectivity index (χ1) is 15.6. The van der Waals surface area contributed by atoms with Crippen LogP contribution in [-0.2, 0) is 13.0 Å². The number of ether oxygens (including phenoxy) is 1.